The summed E-state index contributed by atoms with van der Waals surface area (Å²) in [6.45, 7) is 2.79. The number of nitrogens with one attached hydrogen (secondary N) is 1. The summed E-state index contributed by atoms with van der Waals surface area (Å²) < 4.78 is 0. The Morgan fingerprint density at radius 2 is 1.84 bits per heavy atom. The molecule has 4 rings (SSSR count). The van der Waals surface area contributed by atoms with E-state index in [2.05, 4.69) is 10.2 Å². The predicted molar refractivity (Wildman–Crippen MR) is 126 cm³/mol. The van der Waals surface area contributed by atoms with E-state index in [0.29, 0.717) is 17.0 Å². The van der Waals surface area contributed by atoms with E-state index in [0.717, 1.165) is 28.9 Å². The fraction of sp³-hybridized carbons (Fsp3) is 0.200. The zero-order valence-electron chi connectivity index (χ0n) is 18.2. The third-order valence-corrected chi connectivity index (χ3v) is 5.35. The van der Waals surface area contributed by atoms with E-state index in [-0.39, 0.29) is 11.6 Å². The number of anilines is 1. The highest BCUT2D eigenvalue weighted by Crippen LogP contribution is 2.38. The Labute approximate surface area is 186 Å². The molecule has 1 heterocycles. The molecule has 0 aliphatic carbocycles. The van der Waals surface area contributed by atoms with Crippen LogP contribution >= 0.6 is 0 Å². The number of non-ortho nitro benzene ring substituents is 1. The van der Waals surface area contributed by atoms with Crippen molar-refractivity contribution in [3.8, 4) is 0 Å². The number of amides is 1. The number of carbonyl (C=O) groups excluding carboxylic acids is 1. The number of nitrogens with zero attached hydrogens (tertiary/aromatic N) is 3. The summed E-state index contributed by atoms with van der Waals surface area (Å²) in [5, 5.41) is 14.2. The van der Waals surface area contributed by atoms with Gasteiger partial charge in [0.25, 0.3) is 5.69 Å². The molecular weight excluding hydrogens is 404 g/mol. The normalized spacial score (nSPS) is 15.6. The van der Waals surface area contributed by atoms with Crippen LogP contribution in [0.5, 0.6) is 0 Å². The summed E-state index contributed by atoms with van der Waals surface area (Å²) in [5.41, 5.74) is 5.37. The minimum absolute atomic E-state index is 0.0538. The monoisotopic (exact) mass is 428 g/mol. The van der Waals surface area contributed by atoms with Crippen molar-refractivity contribution in [1.29, 1.82) is 0 Å². The molecular formula is C25H24N4O3. The van der Waals surface area contributed by atoms with E-state index < -0.39 is 10.8 Å². The van der Waals surface area contributed by atoms with Gasteiger partial charge in [0.1, 0.15) is 5.92 Å². The molecule has 32 heavy (non-hydrogen) atoms. The Morgan fingerprint density at radius 1 is 1.09 bits per heavy atom. The molecule has 0 radical (unpaired) electrons. The van der Waals surface area contributed by atoms with Gasteiger partial charge < -0.3 is 10.2 Å². The van der Waals surface area contributed by atoms with Crippen LogP contribution in [-0.4, -0.2) is 35.5 Å². The maximum absolute atomic E-state index is 13.0. The van der Waals surface area contributed by atoms with Crippen molar-refractivity contribution in [1.82, 2.24) is 4.90 Å². The molecule has 1 N–H and O–H groups in total. The van der Waals surface area contributed by atoms with Gasteiger partial charge in [0.05, 0.1) is 16.3 Å². The molecule has 3 aromatic rings. The molecule has 7 nitrogen and oxygen atoms in total. The number of hydrogen-bond donors (Lipinski definition) is 1. The van der Waals surface area contributed by atoms with Gasteiger partial charge in [0.15, 0.2) is 0 Å². The van der Waals surface area contributed by atoms with Gasteiger partial charge in [-0.1, -0.05) is 42.0 Å². The Morgan fingerprint density at radius 3 is 2.50 bits per heavy atom. The Balaban J connectivity index is 1.83. The summed E-state index contributed by atoms with van der Waals surface area (Å²) in [4.78, 5) is 30.9. The van der Waals surface area contributed by atoms with Crippen LogP contribution in [0.15, 0.2) is 71.7 Å². The van der Waals surface area contributed by atoms with Gasteiger partial charge >= 0.3 is 0 Å². The van der Waals surface area contributed by atoms with Crippen molar-refractivity contribution >= 4 is 28.7 Å². The van der Waals surface area contributed by atoms with Crippen molar-refractivity contribution in [2.45, 2.75) is 19.4 Å². The van der Waals surface area contributed by atoms with Gasteiger partial charge in [0.2, 0.25) is 5.91 Å². The molecule has 0 bridgehead atoms. The van der Waals surface area contributed by atoms with Gasteiger partial charge in [0, 0.05) is 29.9 Å². The van der Waals surface area contributed by atoms with Gasteiger partial charge in [-0.25, -0.2) is 0 Å². The summed E-state index contributed by atoms with van der Waals surface area (Å²) >= 11 is 0. The maximum Gasteiger partial charge on any atom is 0.269 e. The van der Waals surface area contributed by atoms with Crippen molar-refractivity contribution in [3.63, 3.8) is 0 Å². The zero-order chi connectivity index (χ0) is 22.8. The fourth-order valence-corrected chi connectivity index (χ4v) is 3.91. The number of aryl methyl sites for hydroxylation is 1. The zero-order valence-corrected chi connectivity index (χ0v) is 18.2. The molecule has 1 amide bonds. The quantitative estimate of drug-likeness (QED) is 0.346. The largest absolute Gasteiger partial charge is 0.325 e. The van der Waals surface area contributed by atoms with E-state index >= 15 is 0 Å². The molecule has 162 valence electrons. The van der Waals surface area contributed by atoms with Crippen molar-refractivity contribution in [2.75, 3.05) is 19.4 Å². The lowest BCUT2D eigenvalue weighted by Crippen LogP contribution is -2.22. The first-order valence-corrected chi connectivity index (χ1v) is 10.3. The third kappa shape index (κ3) is 4.43. The molecule has 3 aromatic carbocycles. The molecule has 1 atom stereocenters. The first kappa shape index (κ1) is 21.4. The second kappa shape index (κ2) is 8.72. The number of nitro groups is 1. The highest BCUT2D eigenvalue weighted by molar-refractivity contribution is 6.24. The minimum Gasteiger partial charge on any atom is -0.325 e. The first-order valence-electron chi connectivity index (χ1n) is 10.3. The summed E-state index contributed by atoms with van der Waals surface area (Å²) in [5.74, 6) is -0.988. The molecule has 0 saturated carbocycles. The number of benzene rings is 3. The van der Waals surface area contributed by atoms with Crippen LogP contribution in [0, 0.1) is 17.0 Å². The Kier molecular flexibility index (Phi) is 5.83. The van der Waals surface area contributed by atoms with E-state index in [1.54, 1.807) is 6.07 Å². The smallest absolute Gasteiger partial charge is 0.269 e. The van der Waals surface area contributed by atoms with Crippen LogP contribution in [-0.2, 0) is 11.3 Å². The van der Waals surface area contributed by atoms with E-state index in [9.17, 15) is 14.9 Å². The second-order valence-corrected chi connectivity index (χ2v) is 8.22. The van der Waals surface area contributed by atoms with Crippen molar-refractivity contribution in [3.05, 3.63) is 99.1 Å². The SMILES string of the molecule is Cc1cccc(C(=Nc2ccc(CN(C)C)cc2)C2C(=O)Nc3ccc([N+](=O)[O-])cc32)c1. The van der Waals surface area contributed by atoms with Crippen LogP contribution in [0.2, 0.25) is 0 Å². The number of aliphatic imine (C=N–C) groups is 1. The molecule has 0 aromatic heterocycles. The second-order valence-electron chi connectivity index (χ2n) is 8.22. The van der Waals surface area contributed by atoms with E-state index in [4.69, 9.17) is 4.99 Å². The molecule has 1 aliphatic heterocycles. The highest BCUT2D eigenvalue weighted by Gasteiger charge is 2.36. The lowest BCUT2D eigenvalue weighted by Gasteiger charge is -2.15. The average Bonchev–Trinajstić information content (AvgIpc) is 3.07. The number of carbonyl (C=O) groups is 1. The number of nitro benzene ring substituents is 1. The highest BCUT2D eigenvalue weighted by atomic mass is 16.6. The van der Waals surface area contributed by atoms with Crippen LogP contribution in [0.3, 0.4) is 0 Å². The minimum atomic E-state index is -0.742. The van der Waals surface area contributed by atoms with Crippen molar-refractivity contribution in [2.24, 2.45) is 4.99 Å². The van der Waals surface area contributed by atoms with Crippen molar-refractivity contribution < 1.29 is 9.72 Å². The maximum atomic E-state index is 13.0. The fourth-order valence-electron chi connectivity index (χ4n) is 3.91. The molecule has 0 saturated heterocycles. The number of fused-ring (bicyclic) bond motifs is 1. The lowest BCUT2D eigenvalue weighted by molar-refractivity contribution is -0.384. The Bertz CT molecular complexity index is 1220. The van der Waals surface area contributed by atoms with Crippen LogP contribution in [0.1, 0.15) is 28.2 Å². The van der Waals surface area contributed by atoms with Gasteiger partial charge in [-0.05, 0) is 50.3 Å². The van der Waals surface area contributed by atoms with E-state index in [1.807, 2.05) is 69.6 Å². The first-order chi connectivity index (χ1) is 15.3. The molecule has 1 aliphatic rings. The van der Waals surface area contributed by atoms with Crippen LogP contribution in [0.4, 0.5) is 17.1 Å². The number of hydrogen-bond acceptors (Lipinski definition) is 5. The summed E-state index contributed by atoms with van der Waals surface area (Å²) in [6.07, 6.45) is 0. The van der Waals surface area contributed by atoms with Gasteiger partial charge in [-0.3, -0.25) is 19.9 Å². The lowest BCUT2D eigenvalue weighted by atomic mass is 9.90. The van der Waals surface area contributed by atoms with E-state index in [1.165, 1.54) is 12.1 Å². The van der Waals surface area contributed by atoms with Crippen LogP contribution < -0.4 is 5.32 Å². The summed E-state index contributed by atoms with van der Waals surface area (Å²) in [6, 6.07) is 20.1. The van der Waals surface area contributed by atoms with Gasteiger partial charge in [-0.15, -0.1) is 0 Å². The number of rotatable bonds is 6. The summed E-state index contributed by atoms with van der Waals surface area (Å²) in [7, 11) is 4.02. The predicted octanol–water partition coefficient (Wildman–Crippen LogP) is 4.82. The molecule has 0 spiro atoms. The van der Waals surface area contributed by atoms with Gasteiger partial charge in [-0.2, -0.15) is 0 Å². The molecule has 0 fully saturated rings. The average molecular weight is 428 g/mol. The van der Waals surface area contributed by atoms with Crippen LogP contribution in [0.25, 0.3) is 0 Å². The molecule has 7 heteroatoms. The third-order valence-electron chi connectivity index (χ3n) is 5.35. The standard InChI is InChI=1S/C25H24N4O3/c1-16-5-4-6-18(13-16)24(26-19-9-7-17(8-10-19)15-28(2)3)23-21-14-20(29(31)32)11-12-22(21)27-25(23)30/h4-14,23H,15H2,1-3H3,(H,27,30). The topological polar surface area (TPSA) is 87.8 Å². The molecule has 1 unspecified atom stereocenters. The Hall–Kier alpha value is -3.84.